The molecule has 0 amide bonds. The van der Waals surface area contributed by atoms with E-state index in [1.807, 2.05) is 10.8 Å². The average molecular weight is 282 g/mol. The second-order valence-corrected chi connectivity index (χ2v) is 6.51. The van der Waals surface area contributed by atoms with E-state index >= 15 is 0 Å². The molecule has 102 valence electrons. The highest BCUT2D eigenvalue weighted by Crippen LogP contribution is 2.30. The summed E-state index contributed by atoms with van der Waals surface area (Å²) >= 11 is 0. The molecule has 2 aromatic rings. The average Bonchev–Trinajstić information content (AvgIpc) is 2.86. The van der Waals surface area contributed by atoms with Crippen molar-refractivity contribution in [3.63, 3.8) is 0 Å². The molecule has 1 aliphatic heterocycles. The van der Waals surface area contributed by atoms with Crippen molar-refractivity contribution in [2.45, 2.75) is 24.8 Å². The monoisotopic (exact) mass is 282 g/mol. The van der Waals surface area contributed by atoms with E-state index in [0.717, 1.165) is 0 Å². The van der Waals surface area contributed by atoms with Gasteiger partial charge in [-0.15, -0.1) is 0 Å². The molecule has 7 nitrogen and oxygen atoms in total. The maximum absolute atomic E-state index is 12.4. The zero-order valence-electron chi connectivity index (χ0n) is 10.6. The molecule has 2 aromatic heterocycles. The minimum atomic E-state index is -3.50. The second kappa shape index (κ2) is 4.17. The number of imidazole rings is 1. The molecule has 1 aliphatic rings. The van der Waals surface area contributed by atoms with Crippen LogP contribution >= 0.6 is 0 Å². The van der Waals surface area contributed by atoms with Gasteiger partial charge in [-0.25, -0.2) is 13.4 Å². The lowest BCUT2D eigenvalue weighted by atomic mass is 10.2. The quantitative estimate of drug-likeness (QED) is 0.829. The van der Waals surface area contributed by atoms with E-state index in [-0.39, 0.29) is 10.9 Å². The van der Waals surface area contributed by atoms with E-state index in [0.29, 0.717) is 24.5 Å². The summed E-state index contributed by atoms with van der Waals surface area (Å²) in [5, 5.41) is 3.70. The van der Waals surface area contributed by atoms with Crippen molar-refractivity contribution < 1.29 is 12.9 Å². The summed E-state index contributed by atoms with van der Waals surface area (Å²) in [4.78, 5) is 4.15. The molecule has 3 heterocycles. The van der Waals surface area contributed by atoms with Crippen LogP contribution in [0.15, 0.2) is 28.1 Å². The topological polar surface area (TPSA) is 81.2 Å². The molecule has 1 fully saturated rings. The summed E-state index contributed by atoms with van der Waals surface area (Å²) in [5.41, 5.74) is 0.406. The Kier molecular flexibility index (Phi) is 2.72. The SMILES string of the molecule is Cc1noc(C)c1S(=O)(=O)N1CC(n2ccnc2)C1. The maximum Gasteiger partial charge on any atom is 0.248 e. The third kappa shape index (κ3) is 1.87. The molecule has 1 saturated heterocycles. The van der Waals surface area contributed by atoms with E-state index in [1.54, 1.807) is 26.4 Å². The first kappa shape index (κ1) is 12.4. The summed E-state index contributed by atoms with van der Waals surface area (Å²) < 4.78 is 33.1. The predicted molar refractivity (Wildman–Crippen MR) is 66.0 cm³/mol. The van der Waals surface area contributed by atoms with E-state index in [2.05, 4.69) is 10.1 Å². The zero-order chi connectivity index (χ0) is 13.6. The normalized spacial score (nSPS) is 17.6. The lowest BCUT2D eigenvalue weighted by molar-refractivity contribution is 0.204. The van der Waals surface area contributed by atoms with Crippen molar-refractivity contribution in [3.05, 3.63) is 30.2 Å². The van der Waals surface area contributed by atoms with Gasteiger partial charge in [0, 0.05) is 25.5 Å². The molecular weight excluding hydrogens is 268 g/mol. The summed E-state index contributed by atoms with van der Waals surface area (Å²) in [6, 6.07) is 0.151. The molecule has 3 rings (SSSR count). The van der Waals surface area contributed by atoms with Gasteiger partial charge in [-0.3, -0.25) is 0 Å². The van der Waals surface area contributed by atoms with Crippen LogP contribution in [0.4, 0.5) is 0 Å². The van der Waals surface area contributed by atoms with Crippen LogP contribution < -0.4 is 0 Å². The number of rotatable bonds is 3. The highest BCUT2D eigenvalue weighted by Gasteiger charge is 2.40. The fourth-order valence-corrected chi connectivity index (χ4v) is 4.06. The number of aryl methyl sites for hydroxylation is 2. The summed E-state index contributed by atoms with van der Waals surface area (Å²) in [7, 11) is -3.50. The number of hydrogen-bond donors (Lipinski definition) is 0. The molecule has 0 bridgehead atoms. The van der Waals surface area contributed by atoms with Gasteiger partial charge in [0.1, 0.15) is 10.6 Å². The fraction of sp³-hybridized carbons (Fsp3) is 0.455. The molecule has 19 heavy (non-hydrogen) atoms. The lowest BCUT2D eigenvalue weighted by Crippen LogP contribution is -2.50. The minimum Gasteiger partial charge on any atom is -0.360 e. The number of hydrogen-bond acceptors (Lipinski definition) is 5. The molecule has 0 N–H and O–H groups in total. The van der Waals surface area contributed by atoms with Crippen LogP contribution in [0.25, 0.3) is 0 Å². The molecule has 0 unspecified atom stereocenters. The van der Waals surface area contributed by atoms with E-state index in [1.165, 1.54) is 4.31 Å². The third-order valence-electron chi connectivity index (χ3n) is 3.34. The smallest absolute Gasteiger partial charge is 0.248 e. The summed E-state index contributed by atoms with van der Waals surface area (Å²) in [6.45, 7) is 4.14. The second-order valence-electron chi connectivity index (χ2n) is 4.64. The van der Waals surface area contributed by atoms with Gasteiger partial charge in [0.25, 0.3) is 0 Å². The molecule has 8 heteroatoms. The molecule has 0 aromatic carbocycles. The Morgan fingerprint density at radius 1 is 1.37 bits per heavy atom. The summed E-state index contributed by atoms with van der Waals surface area (Å²) in [5.74, 6) is 0.337. The zero-order valence-corrected chi connectivity index (χ0v) is 11.5. The molecule has 0 saturated carbocycles. The first-order valence-corrected chi connectivity index (χ1v) is 7.34. The molecule has 0 radical (unpaired) electrons. The Bertz CT molecular complexity index is 664. The van der Waals surface area contributed by atoms with Gasteiger partial charge in [0.05, 0.1) is 12.4 Å². The first-order chi connectivity index (χ1) is 9.00. The fourth-order valence-electron chi connectivity index (χ4n) is 2.26. The Morgan fingerprint density at radius 3 is 2.63 bits per heavy atom. The van der Waals surface area contributed by atoms with Crippen molar-refractivity contribution in [2.24, 2.45) is 0 Å². The minimum absolute atomic E-state index is 0.151. The van der Waals surface area contributed by atoms with Crippen molar-refractivity contribution in [1.82, 2.24) is 19.0 Å². The Morgan fingerprint density at radius 2 is 2.11 bits per heavy atom. The van der Waals surface area contributed by atoms with Crippen molar-refractivity contribution in [2.75, 3.05) is 13.1 Å². The molecular formula is C11H14N4O3S. The highest BCUT2D eigenvalue weighted by atomic mass is 32.2. The predicted octanol–water partition coefficient (Wildman–Crippen LogP) is 0.734. The van der Waals surface area contributed by atoms with Crippen LogP contribution in [0.5, 0.6) is 0 Å². The van der Waals surface area contributed by atoms with Crippen LogP contribution in [0.2, 0.25) is 0 Å². The number of nitrogens with zero attached hydrogens (tertiary/aromatic N) is 4. The van der Waals surface area contributed by atoms with Gasteiger partial charge in [0.15, 0.2) is 5.76 Å². The largest absolute Gasteiger partial charge is 0.360 e. The Hall–Kier alpha value is -1.67. The van der Waals surface area contributed by atoms with E-state index in [9.17, 15) is 8.42 Å². The Balaban J connectivity index is 1.81. The Labute approximate surface area is 110 Å². The van der Waals surface area contributed by atoms with Crippen LogP contribution in [0, 0.1) is 13.8 Å². The van der Waals surface area contributed by atoms with Crippen LogP contribution in [0.3, 0.4) is 0 Å². The lowest BCUT2D eigenvalue weighted by Gasteiger charge is -2.38. The summed E-state index contributed by atoms with van der Waals surface area (Å²) in [6.07, 6.45) is 5.22. The first-order valence-electron chi connectivity index (χ1n) is 5.90. The standard InChI is InChI=1S/C11H14N4O3S/c1-8-11(9(2)18-13-8)19(16,17)15-5-10(6-15)14-4-3-12-7-14/h3-4,7,10H,5-6H2,1-2H3. The molecule has 0 atom stereocenters. The number of sulfonamides is 1. The van der Waals surface area contributed by atoms with Gasteiger partial charge < -0.3 is 9.09 Å². The highest BCUT2D eigenvalue weighted by molar-refractivity contribution is 7.89. The van der Waals surface area contributed by atoms with Crippen LogP contribution in [-0.2, 0) is 10.0 Å². The van der Waals surface area contributed by atoms with Crippen LogP contribution in [-0.4, -0.2) is 40.5 Å². The van der Waals surface area contributed by atoms with Crippen molar-refractivity contribution in [1.29, 1.82) is 0 Å². The molecule has 0 aliphatic carbocycles. The van der Waals surface area contributed by atoms with Crippen molar-refractivity contribution >= 4 is 10.0 Å². The maximum atomic E-state index is 12.4. The van der Waals surface area contributed by atoms with Gasteiger partial charge in [-0.2, -0.15) is 4.31 Å². The van der Waals surface area contributed by atoms with Crippen molar-refractivity contribution in [3.8, 4) is 0 Å². The van der Waals surface area contributed by atoms with Gasteiger partial charge in [0.2, 0.25) is 10.0 Å². The van der Waals surface area contributed by atoms with E-state index < -0.39 is 10.0 Å². The molecule has 0 spiro atoms. The number of aromatic nitrogens is 3. The van der Waals surface area contributed by atoms with Gasteiger partial charge in [-0.1, -0.05) is 5.16 Å². The third-order valence-corrected chi connectivity index (χ3v) is 5.42. The van der Waals surface area contributed by atoms with Gasteiger partial charge in [-0.05, 0) is 13.8 Å². The van der Waals surface area contributed by atoms with Crippen LogP contribution in [0.1, 0.15) is 17.5 Å². The van der Waals surface area contributed by atoms with E-state index in [4.69, 9.17) is 4.52 Å². The van der Waals surface area contributed by atoms with Gasteiger partial charge >= 0.3 is 0 Å².